The Kier molecular flexibility index (Phi) is 6.41. The van der Waals surface area contributed by atoms with E-state index < -0.39 is 0 Å². The predicted octanol–water partition coefficient (Wildman–Crippen LogP) is 5.12. The maximum Gasteiger partial charge on any atom is 0.203 e. The SMILES string of the molecule is C=CCC(Sc1ccccc1)c1cc(OC)c(OC)c(OC)c1. The normalized spacial score (nSPS) is 11.6. The van der Waals surface area contributed by atoms with Gasteiger partial charge in [0, 0.05) is 10.1 Å². The van der Waals surface area contributed by atoms with E-state index in [9.17, 15) is 0 Å². The number of ether oxygens (including phenoxy) is 3. The molecule has 0 fully saturated rings. The molecule has 0 bridgehead atoms. The second-order valence-corrected chi connectivity index (χ2v) is 6.18. The van der Waals surface area contributed by atoms with Gasteiger partial charge in [-0.3, -0.25) is 0 Å². The Balaban J connectivity index is 2.40. The van der Waals surface area contributed by atoms with Crippen molar-refractivity contribution in [3.05, 3.63) is 60.7 Å². The number of hydrogen-bond acceptors (Lipinski definition) is 4. The number of benzene rings is 2. The molecular formula is C19H22O3S. The van der Waals surface area contributed by atoms with E-state index in [0.29, 0.717) is 17.2 Å². The average molecular weight is 330 g/mol. The molecule has 0 heterocycles. The highest BCUT2D eigenvalue weighted by molar-refractivity contribution is 7.99. The molecule has 1 atom stereocenters. The van der Waals surface area contributed by atoms with Crippen molar-refractivity contribution < 1.29 is 14.2 Å². The van der Waals surface area contributed by atoms with Crippen LogP contribution in [0.3, 0.4) is 0 Å². The van der Waals surface area contributed by atoms with Crippen molar-refractivity contribution in [2.75, 3.05) is 21.3 Å². The average Bonchev–Trinajstić information content (AvgIpc) is 2.60. The van der Waals surface area contributed by atoms with Gasteiger partial charge in [0.05, 0.1) is 21.3 Å². The van der Waals surface area contributed by atoms with E-state index >= 15 is 0 Å². The lowest BCUT2D eigenvalue weighted by Gasteiger charge is -2.19. The summed E-state index contributed by atoms with van der Waals surface area (Å²) in [6, 6.07) is 14.3. The van der Waals surface area contributed by atoms with Gasteiger partial charge in [-0.1, -0.05) is 24.3 Å². The lowest BCUT2D eigenvalue weighted by Crippen LogP contribution is -1.99. The molecule has 2 aromatic carbocycles. The number of thioether (sulfide) groups is 1. The van der Waals surface area contributed by atoms with E-state index in [4.69, 9.17) is 14.2 Å². The summed E-state index contributed by atoms with van der Waals surface area (Å²) in [6.45, 7) is 3.89. The minimum atomic E-state index is 0.226. The topological polar surface area (TPSA) is 27.7 Å². The molecule has 23 heavy (non-hydrogen) atoms. The van der Waals surface area contributed by atoms with E-state index in [2.05, 4.69) is 18.7 Å². The highest BCUT2D eigenvalue weighted by Crippen LogP contribution is 2.45. The molecule has 0 aromatic heterocycles. The Morgan fingerprint density at radius 2 is 1.61 bits per heavy atom. The second-order valence-electron chi connectivity index (χ2n) is 4.90. The van der Waals surface area contributed by atoms with Crippen LogP contribution in [-0.4, -0.2) is 21.3 Å². The smallest absolute Gasteiger partial charge is 0.203 e. The monoisotopic (exact) mass is 330 g/mol. The molecule has 1 unspecified atom stereocenters. The quantitative estimate of drug-likeness (QED) is 0.496. The summed E-state index contributed by atoms with van der Waals surface area (Å²) in [5.41, 5.74) is 1.12. The molecule has 0 aliphatic rings. The standard InChI is InChI=1S/C19H22O3S/c1-5-9-18(23-15-10-7-6-8-11-15)14-12-16(20-2)19(22-4)17(13-14)21-3/h5-8,10-13,18H,1,9H2,2-4H3. The third kappa shape index (κ3) is 4.23. The number of methoxy groups -OCH3 is 3. The van der Waals surface area contributed by atoms with E-state index in [1.165, 1.54) is 4.90 Å². The predicted molar refractivity (Wildman–Crippen MR) is 96.0 cm³/mol. The van der Waals surface area contributed by atoms with Gasteiger partial charge in [-0.05, 0) is 36.2 Å². The van der Waals surface area contributed by atoms with Crippen LogP contribution in [0.2, 0.25) is 0 Å². The van der Waals surface area contributed by atoms with E-state index in [1.807, 2.05) is 36.4 Å². The molecular weight excluding hydrogens is 308 g/mol. The lowest BCUT2D eigenvalue weighted by atomic mass is 10.1. The molecule has 2 rings (SSSR count). The zero-order valence-corrected chi connectivity index (χ0v) is 14.6. The summed E-state index contributed by atoms with van der Waals surface area (Å²) in [7, 11) is 4.88. The fourth-order valence-electron chi connectivity index (χ4n) is 2.35. The van der Waals surface area contributed by atoms with Crippen molar-refractivity contribution in [3.8, 4) is 17.2 Å². The van der Waals surface area contributed by atoms with Gasteiger partial charge in [0.1, 0.15) is 0 Å². The van der Waals surface area contributed by atoms with Crippen LogP contribution in [0.25, 0.3) is 0 Å². The Hall–Kier alpha value is -2.07. The zero-order chi connectivity index (χ0) is 16.7. The Bertz CT molecular complexity index is 615. The fourth-order valence-corrected chi connectivity index (χ4v) is 3.50. The van der Waals surface area contributed by atoms with Crippen molar-refractivity contribution in [2.45, 2.75) is 16.6 Å². The van der Waals surface area contributed by atoms with Crippen LogP contribution >= 0.6 is 11.8 Å². The molecule has 122 valence electrons. The summed E-state index contributed by atoms with van der Waals surface area (Å²) >= 11 is 1.80. The van der Waals surface area contributed by atoms with Crippen molar-refractivity contribution in [2.24, 2.45) is 0 Å². The van der Waals surface area contributed by atoms with Crippen LogP contribution in [0.4, 0.5) is 0 Å². The largest absolute Gasteiger partial charge is 0.493 e. The molecule has 0 N–H and O–H groups in total. The molecule has 0 saturated carbocycles. The Morgan fingerprint density at radius 1 is 1.00 bits per heavy atom. The molecule has 2 aromatic rings. The second kappa shape index (κ2) is 8.53. The molecule has 0 saturated heterocycles. The summed E-state index contributed by atoms with van der Waals surface area (Å²) in [6.07, 6.45) is 2.78. The Morgan fingerprint density at radius 3 is 2.09 bits per heavy atom. The van der Waals surface area contributed by atoms with Crippen LogP contribution in [0, 0.1) is 0 Å². The van der Waals surface area contributed by atoms with Crippen LogP contribution in [-0.2, 0) is 0 Å². The van der Waals surface area contributed by atoms with Gasteiger partial charge in [0.2, 0.25) is 5.75 Å². The highest BCUT2D eigenvalue weighted by Gasteiger charge is 2.19. The van der Waals surface area contributed by atoms with Crippen molar-refractivity contribution in [1.29, 1.82) is 0 Å². The van der Waals surface area contributed by atoms with Gasteiger partial charge < -0.3 is 14.2 Å². The number of hydrogen-bond donors (Lipinski definition) is 0. The third-order valence-electron chi connectivity index (χ3n) is 3.46. The molecule has 0 amide bonds. The highest BCUT2D eigenvalue weighted by atomic mass is 32.2. The molecule has 0 radical (unpaired) electrons. The first-order valence-electron chi connectivity index (χ1n) is 7.36. The summed E-state index contributed by atoms with van der Waals surface area (Å²) in [4.78, 5) is 1.22. The van der Waals surface area contributed by atoms with Crippen molar-refractivity contribution >= 4 is 11.8 Å². The summed E-state index contributed by atoms with van der Waals surface area (Å²) in [5, 5.41) is 0.226. The first-order chi connectivity index (χ1) is 11.2. The number of rotatable bonds is 8. The minimum Gasteiger partial charge on any atom is -0.493 e. The van der Waals surface area contributed by atoms with E-state index in [0.717, 1.165) is 12.0 Å². The van der Waals surface area contributed by atoms with Crippen LogP contribution in [0.1, 0.15) is 17.2 Å². The molecule has 0 spiro atoms. The summed E-state index contributed by atoms with van der Waals surface area (Å²) in [5.74, 6) is 1.95. The molecule has 0 aliphatic carbocycles. The van der Waals surface area contributed by atoms with Crippen molar-refractivity contribution in [3.63, 3.8) is 0 Å². The zero-order valence-electron chi connectivity index (χ0n) is 13.7. The van der Waals surface area contributed by atoms with Gasteiger partial charge in [0.15, 0.2) is 11.5 Å². The van der Waals surface area contributed by atoms with Gasteiger partial charge in [0.25, 0.3) is 0 Å². The third-order valence-corrected chi connectivity index (χ3v) is 4.75. The van der Waals surface area contributed by atoms with E-state index in [-0.39, 0.29) is 5.25 Å². The van der Waals surface area contributed by atoms with Gasteiger partial charge in [-0.25, -0.2) is 0 Å². The molecule has 3 nitrogen and oxygen atoms in total. The maximum absolute atomic E-state index is 5.46. The first kappa shape index (κ1) is 17.3. The molecule has 0 aliphatic heterocycles. The Labute approximate surface area is 142 Å². The first-order valence-corrected chi connectivity index (χ1v) is 8.24. The molecule has 4 heteroatoms. The van der Waals surface area contributed by atoms with Gasteiger partial charge in [-0.2, -0.15) is 0 Å². The maximum atomic E-state index is 5.46. The fraction of sp³-hybridized carbons (Fsp3) is 0.263. The number of allylic oxidation sites excluding steroid dienone is 1. The van der Waals surface area contributed by atoms with Gasteiger partial charge >= 0.3 is 0 Å². The minimum absolute atomic E-state index is 0.226. The van der Waals surface area contributed by atoms with Gasteiger partial charge in [-0.15, -0.1) is 18.3 Å². The van der Waals surface area contributed by atoms with Crippen LogP contribution < -0.4 is 14.2 Å². The lowest BCUT2D eigenvalue weighted by molar-refractivity contribution is 0.323. The van der Waals surface area contributed by atoms with Crippen molar-refractivity contribution in [1.82, 2.24) is 0 Å². The summed E-state index contributed by atoms with van der Waals surface area (Å²) < 4.78 is 16.3. The van der Waals surface area contributed by atoms with E-state index in [1.54, 1.807) is 33.1 Å². The van der Waals surface area contributed by atoms with Crippen LogP contribution in [0.15, 0.2) is 60.0 Å². The van der Waals surface area contributed by atoms with Crippen LogP contribution in [0.5, 0.6) is 17.2 Å².